The zero-order valence-electron chi connectivity index (χ0n) is 11.7. The monoisotopic (exact) mass is 251 g/mol. The normalized spacial score (nSPS) is 10.2. The minimum Gasteiger partial charge on any atom is -0.356 e. The van der Waals surface area contributed by atoms with E-state index in [1.54, 1.807) is 0 Å². The molecule has 0 spiro atoms. The second-order valence-corrected chi connectivity index (χ2v) is 5.15. The van der Waals surface area contributed by atoms with Gasteiger partial charge in [0.25, 0.3) is 0 Å². The summed E-state index contributed by atoms with van der Waals surface area (Å²) in [7, 11) is 0. The van der Waals surface area contributed by atoms with Crippen molar-refractivity contribution in [1.82, 2.24) is 0 Å². The molecule has 0 aliphatic carbocycles. The highest BCUT2D eigenvalue weighted by Crippen LogP contribution is 2.18. The average molecular weight is 251 g/mol. The highest BCUT2D eigenvalue weighted by atomic mass is 14.9. The Morgan fingerprint density at radius 3 is 2.00 bits per heavy atom. The summed E-state index contributed by atoms with van der Waals surface area (Å²) in [6, 6.07) is 17.1. The Bertz CT molecular complexity index is 535. The summed E-state index contributed by atoms with van der Waals surface area (Å²) in [5.74, 6) is 0. The van der Waals surface area contributed by atoms with Crippen LogP contribution in [0.5, 0.6) is 0 Å². The van der Waals surface area contributed by atoms with Crippen molar-refractivity contribution in [1.29, 1.82) is 0 Å². The number of rotatable bonds is 5. The van der Waals surface area contributed by atoms with Crippen LogP contribution in [-0.4, -0.2) is 0 Å². The van der Waals surface area contributed by atoms with Crippen molar-refractivity contribution in [2.24, 2.45) is 0 Å². The van der Waals surface area contributed by atoms with E-state index >= 15 is 0 Å². The van der Waals surface area contributed by atoms with E-state index in [4.69, 9.17) is 0 Å². The van der Waals surface area contributed by atoms with E-state index in [0.717, 1.165) is 24.2 Å². The van der Waals surface area contributed by atoms with Gasteiger partial charge in [0, 0.05) is 11.4 Å². The Balaban J connectivity index is 1.98. The van der Waals surface area contributed by atoms with Gasteiger partial charge >= 0.3 is 0 Å². The molecular weight excluding hydrogens is 230 g/mol. The van der Waals surface area contributed by atoms with Gasteiger partial charge in [0.2, 0.25) is 0 Å². The third kappa shape index (κ3) is 4.29. The van der Waals surface area contributed by atoms with Gasteiger partial charge in [0.1, 0.15) is 0 Å². The van der Waals surface area contributed by atoms with E-state index in [1.165, 1.54) is 16.7 Å². The average Bonchev–Trinajstić information content (AvgIpc) is 2.40. The second kappa shape index (κ2) is 6.24. The molecule has 0 aliphatic rings. The van der Waals surface area contributed by atoms with Crippen molar-refractivity contribution in [3.63, 3.8) is 0 Å². The van der Waals surface area contributed by atoms with Gasteiger partial charge in [0.15, 0.2) is 0 Å². The fraction of sp³-hybridized carbons (Fsp3) is 0.222. The number of hydrogen-bond acceptors (Lipinski definition) is 1. The summed E-state index contributed by atoms with van der Waals surface area (Å²) in [5, 5.41) is 3.41. The number of anilines is 2. The number of allylic oxidation sites excluding steroid dienone is 1. The summed E-state index contributed by atoms with van der Waals surface area (Å²) < 4.78 is 0. The molecule has 0 amide bonds. The summed E-state index contributed by atoms with van der Waals surface area (Å²) in [6.45, 7) is 8.11. The van der Waals surface area contributed by atoms with Crippen molar-refractivity contribution in [3.05, 3.63) is 71.8 Å². The Morgan fingerprint density at radius 2 is 1.47 bits per heavy atom. The molecule has 0 fully saturated rings. The summed E-state index contributed by atoms with van der Waals surface area (Å²) in [4.78, 5) is 0. The highest BCUT2D eigenvalue weighted by Gasteiger charge is 1.97. The topological polar surface area (TPSA) is 12.0 Å². The fourth-order valence-electron chi connectivity index (χ4n) is 1.92. The van der Waals surface area contributed by atoms with E-state index in [2.05, 4.69) is 74.3 Å². The van der Waals surface area contributed by atoms with Gasteiger partial charge in [-0.25, -0.2) is 0 Å². The molecule has 0 bridgehead atoms. The molecule has 0 radical (unpaired) electrons. The fourth-order valence-corrected chi connectivity index (χ4v) is 1.92. The van der Waals surface area contributed by atoms with Crippen LogP contribution in [0.15, 0.2) is 60.7 Å². The lowest BCUT2D eigenvalue weighted by atomic mass is 10.1. The van der Waals surface area contributed by atoms with Crippen molar-refractivity contribution in [2.75, 3.05) is 5.32 Å². The first-order chi connectivity index (χ1) is 9.13. The zero-order valence-corrected chi connectivity index (χ0v) is 11.7. The van der Waals surface area contributed by atoms with Gasteiger partial charge in [-0.3, -0.25) is 0 Å². The minimum absolute atomic E-state index is 1.06. The molecule has 19 heavy (non-hydrogen) atoms. The predicted octanol–water partition coefficient (Wildman–Crippen LogP) is 5.25. The van der Waals surface area contributed by atoms with Crippen LogP contribution < -0.4 is 5.32 Å². The molecule has 1 heteroatoms. The number of benzene rings is 2. The number of aryl methyl sites for hydroxylation is 2. The quantitative estimate of drug-likeness (QED) is 0.716. The maximum atomic E-state index is 3.94. The first kappa shape index (κ1) is 13.4. The molecule has 0 aromatic heterocycles. The largest absolute Gasteiger partial charge is 0.356 e. The van der Waals surface area contributed by atoms with Crippen LogP contribution in [0, 0.1) is 6.92 Å². The number of nitrogens with one attached hydrogen (secondary N) is 1. The van der Waals surface area contributed by atoms with Crippen LogP contribution in [0.25, 0.3) is 0 Å². The second-order valence-electron chi connectivity index (χ2n) is 5.15. The van der Waals surface area contributed by atoms with Crippen molar-refractivity contribution in [3.8, 4) is 0 Å². The maximum Gasteiger partial charge on any atom is 0.0384 e. The molecule has 0 aliphatic heterocycles. The Hall–Kier alpha value is -2.02. The van der Waals surface area contributed by atoms with Crippen LogP contribution >= 0.6 is 0 Å². The standard InChI is InChI=1S/C18H21N/c1-14(2)4-7-16-8-12-18(13-9-16)19-17-10-5-15(3)6-11-17/h5-6,8-13,19H,1,4,7H2,2-3H3. The van der Waals surface area contributed by atoms with E-state index < -0.39 is 0 Å². The van der Waals surface area contributed by atoms with E-state index in [9.17, 15) is 0 Å². The van der Waals surface area contributed by atoms with Gasteiger partial charge in [-0.15, -0.1) is 6.58 Å². The molecular formula is C18H21N. The van der Waals surface area contributed by atoms with Crippen LogP contribution in [0.3, 0.4) is 0 Å². The summed E-state index contributed by atoms with van der Waals surface area (Å²) in [5.41, 5.74) is 6.13. The molecule has 0 saturated carbocycles. The minimum atomic E-state index is 1.06. The lowest BCUT2D eigenvalue weighted by Gasteiger charge is -2.08. The Morgan fingerprint density at radius 1 is 0.947 bits per heavy atom. The Kier molecular flexibility index (Phi) is 4.40. The smallest absolute Gasteiger partial charge is 0.0384 e. The third-order valence-corrected chi connectivity index (χ3v) is 3.13. The first-order valence-electron chi connectivity index (χ1n) is 6.70. The molecule has 0 unspecified atom stereocenters. The van der Waals surface area contributed by atoms with Crippen LogP contribution in [0.2, 0.25) is 0 Å². The Labute approximate surface area is 116 Å². The van der Waals surface area contributed by atoms with Gasteiger partial charge < -0.3 is 5.32 Å². The SMILES string of the molecule is C=C(C)CCc1ccc(Nc2ccc(C)cc2)cc1. The molecule has 0 heterocycles. The van der Waals surface area contributed by atoms with Gasteiger partial charge in [0.05, 0.1) is 0 Å². The zero-order chi connectivity index (χ0) is 13.7. The van der Waals surface area contributed by atoms with E-state index in [-0.39, 0.29) is 0 Å². The molecule has 2 aromatic carbocycles. The van der Waals surface area contributed by atoms with Crippen molar-refractivity contribution < 1.29 is 0 Å². The lowest BCUT2D eigenvalue weighted by molar-refractivity contribution is 0.946. The lowest BCUT2D eigenvalue weighted by Crippen LogP contribution is -1.91. The molecule has 1 nitrogen and oxygen atoms in total. The summed E-state index contributed by atoms with van der Waals surface area (Å²) >= 11 is 0. The van der Waals surface area contributed by atoms with Gasteiger partial charge in [-0.2, -0.15) is 0 Å². The maximum absolute atomic E-state index is 3.94. The van der Waals surface area contributed by atoms with Crippen LogP contribution in [-0.2, 0) is 6.42 Å². The van der Waals surface area contributed by atoms with Crippen LogP contribution in [0.1, 0.15) is 24.5 Å². The summed E-state index contributed by atoms with van der Waals surface area (Å²) in [6.07, 6.45) is 2.13. The molecule has 2 rings (SSSR count). The first-order valence-corrected chi connectivity index (χ1v) is 6.70. The van der Waals surface area contributed by atoms with E-state index in [1.807, 2.05) is 0 Å². The molecule has 0 saturated heterocycles. The van der Waals surface area contributed by atoms with Crippen molar-refractivity contribution in [2.45, 2.75) is 26.7 Å². The predicted molar refractivity (Wildman–Crippen MR) is 84.0 cm³/mol. The van der Waals surface area contributed by atoms with Gasteiger partial charge in [-0.05, 0) is 56.5 Å². The highest BCUT2D eigenvalue weighted by molar-refractivity contribution is 5.60. The molecule has 0 atom stereocenters. The third-order valence-electron chi connectivity index (χ3n) is 3.13. The van der Waals surface area contributed by atoms with Gasteiger partial charge in [-0.1, -0.05) is 35.4 Å². The number of hydrogen-bond donors (Lipinski definition) is 1. The molecule has 98 valence electrons. The van der Waals surface area contributed by atoms with E-state index in [0.29, 0.717) is 0 Å². The molecule has 2 aromatic rings. The van der Waals surface area contributed by atoms with Crippen LogP contribution in [0.4, 0.5) is 11.4 Å². The van der Waals surface area contributed by atoms with Crippen molar-refractivity contribution >= 4 is 11.4 Å². The molecule has 1 N–H and O–H groups in total.